The van der Waals surface area contributed by atoms with Crippen LogP contribution < -0.4 is 20.5 Å². The van der Waals surface area contributed by atoms with E-state index in [1.807, 2.05) is 31.2 Å². The lowest BCUT2D eigenvalue weighted by atomic mass is 10.1. The van der Waals surface area contributed by atoms with Crippen molar-refractivity contribution in [3.63, 3.8) is 0 Å². The molecule has 3 heterocycles. The van der Waals surface area contributed by atoms with Crippen LogP contribution in [0.4, 0.5) is 11.4 Å². The number of ether oxygens (including phenoxy) is 2. The molecule has 0 saturated heterocycles. The Morgan fingerprint density at radius 2 is 1.96 bits per heavy atom. The number of nitrogens with zero attached hydrogens (tertiary/aromatic N) is 1. The summed E-state index contributed by atoms with van der Waals surface area (Å²) in [5.74, 6) is 1.03. The molecule has 1 aliphatic heterocycles. The number of nitrogen functional groups attached to an aromatic ring is 1. The van der Waals surface area contributed by atoms with Crippen molar-refractivity contribution in [2.75, 3.05) is 24.3 Å². The van der Waals surface area contributed by atoms with Gasteiger partial charge in [0.05, 0.1) is 11.2 Å². The van der Waals surface area contributed by atoms with Crippen molar-refractivity contribution < 1.29 is 14.3 Å². The first-order valence-corrected chi connectivity index (χ1v) is 9.71. The molecule has 1 aliphatic rings. The first-order valence-electron chi connectivity index (χ1n) is 8.89. The van der Waals surface area contributed by atoms with E-state index in [0.29, 0.717) is 41.0 Å². The quantitative estimate of drug-likeness (QED) is 0.530. The van der Waals surface area contributed by atoms with Crippen LogP contribution in [0.3, 0.4) is 0 Å². The van der Waals surface area contributed by atoms with Gasteiger partial charge in [0.2, 0.25) is 0 Å². The van der Waals surface area contributed by atoms with Crippen molar-refractivity contribution in [1.29, 1.82) is 0 Å². The first-order chi connectivity index (χ1) is 13.6. The van der Waals surface area contributed by atoms with Crippen LogP contribution in [0, 0.1) is 6.92 Å². The lowest BCUT2D eigenvalue weighted by molar-refractivity contribution is 0.103. The number of pyridine rings is 1. The fourth-order valence-electron chi connectivity index (χ4n) is 3.35. The third kappa shape index (κ3) is 2.71. The van der Waals surface area contributed by atoms with Crippen LogP contribution in [0.15, 0.2) is 42.5 Å². The summed E-state index contributed by atoms with van der Waals surface area (Å²) in [7, 11) is 0. The number of nitrogens with two attached hydrogens (primary N) is 1. The molecule has 0 fully saturated rings. The van der Waals surface area contributed by atoms with Crippen LogP contribution >= 0.6 is 11.3 Å². The number of nitrogens with one attached hydrogen (secondary N) is 1. The van der Waals surface area contributed by atoms with Crippen molar-refractivity contribution >= 4 is 49.7 Å². The summed E-state index contributed by atoms with van der Waals surface area (Å²) >= 11 is 1.30. The summed E-state index contributed by atoms with van der Waals surface area (Å²) < 4.78 is 11.1. The van der Waals surface area contributed by atoms with Crippen molar-refractivity contribution in [2.45, 2.75) is 6.92 Å². The Labute approximate surface area is 164 Å². The average Bonchev–Trinajstić information content (AvgIpc) is 3.03. The molecule has 4 aromatic rings. The van der Waals surface area contributed by atoms with Gasteiger partial charge < -0.3 is 20.5 Å². The molecule has 5 rings (SSSR count). The van der Waals surface area contributed by atoms with Gasteiger partial charge in [-0.25, -0.2) is 4.98 Å². The number of carbonyl (C=O) groups excluding carboxylic acids is 1. The number of aromatic nitrogens is 1. The van der Waals surface area contributed by atoms with E-state index in [9.17, 15) is 4.79 Å². The van der Waals surface area contributed by atoms with Gasteiger partial charge in [-0.05, 0) is 30.7 Å². The minimum absolute atomic E-state index is 0.266. The highest BCUT2D eigenvalue weighted by Crippen LogP contribution is 2.36. The van der Waals surface area contributed by atoms with Crippen LogP contribution in [0.1, 0.15) is 15.2 Å². The minimum Gasteiger partial charge on any atom is -0.486 e. The Morgan fingerprint density at radius 3 is 2.82 bits per heavy atom. The number of thiophene rings is 1. The number of hydrogen-bond acceptors (Lipinski definition) is 6. The number of benzene rings is 2. The molecule has 7 heteroatoms. The maximum atomic E-state index is 12.9. The van der Waals surface area contributed by atoms with E-state index in [4.69, 9.17) is 20.2 Å². The summed E-state index contributed by atoms with van der Waals surface area (Å²) in [6, 6.07) is 13.3. The monoisotopic (exact) mass is 391 g/mol. The molecular weight excluding hydrogens is 374 g/mol. The lowest BCUT2D eigenvalue weighted by Crippen LogP contribution is -2.16. The molecule has 28 heavy (non-hydrogen) atoms. The van der Waals surface area contributed by atoms with Gasteiger partial charge in [-0.1, -0.05) is 18.2 Å². The summed E-state index contributed by atoms with van der Waals surface area (Å²) in [6.45, 7) is 3.04. The molecule has 0 atom stereocenters. The van der Waals surface area contributed by atoms with Gasteiger partial charge in [0.15, 0.2) is 11.5 Å². The van der Waals surface area contributed by atoms with E-state index in [1.165, 1.54) is 11.3 Å². The highest BCUT2D eigenvalue weighted by atomic mass is 32.1. The van der Waals surface area contributed by atoms with E-state index in [0.717, 1.165) is 26.7 Å². The smallest absolute Gasteiger partial charge is 0.267 e. The Bertz CT molecular complexity index is 1250. The summed E-state index contributed by atoms with van der Waals surface area (Å²) in [5.41, 5.74) is 9.39. The van der Waals surface area contributed by atoms with Crippen LogP contribution in [0.5, 0.6) is 11.5 Å². The zero-order valence-corrected chi connectivity index (χ0v) is 15.9. The second kappa shape index (κ2) is 6.38. The fourth-order valence-corrected chi connectivity index (χ4v) is 4.32. The van der Waals surface area contributed by atoms with Gasteiger partial charge in [-0.2, -0.15) is 0 Å². The standard InChI is InChI=1S/C21H17N3O3S/c1-11-3-2-4-12-9-14-17(22)19(28-21(14)24-18(11)12)20(25)23-13-5-6-15-16(10-13)27-8-7-26-15/h2-6,9-10H,7-8,22H2,1H3,(H,23,25). The molecule has 140 valence electrons. The molecule has 0 bridgehead atoms. The number of aryl methyl sites for hydroxylation is 1. The molecule has 0 spiro atoms. The first kappa shape index (κ1) is 16.8. The second-order valence-corrected chi connectivity index (χ2v) is 7.64. The van der Waals surface area contributed by atoms with Crippen LogP contribution in [0.2, 0.25) is 0 Å². The Balaban J connectivity index is 1.51. The number of carbonyl (C=O) groups is 1. The molecule has 1 amide bonds. The zero-order chi connectivity index (χ0) is 19.3. The number of rotatable bonds is 2. The van der Waals surface area contributed by atoms with E-state index in [2.05, 4.69) is 5.32 Å². The molecule has 2 aromatic carbocycles. The third-order valence-electron chi connectivity index (χ3n) is 4.75. The predicted molar refractivity (Wildman–Crippen MR) is 112 cm³/mol. The maximum absolute atomic E-state index is 12.9. The fraction of sp³-hybridized carbons (Fsp3) is 0.143. The van der Waals surface area contributed by atoms with E-state index in [-0.39, 0.29) is 5.91 Å². The largest absolute Gasteiger partial charge is 0.486 e. The molecule has 0 saturated carbocycles. The topological polar surface area (TPSA) is 86.5 Å². The molecule has 2 aromatic heterocycles. The van der Waals surface area contributed by atoms with Gasteiger partial charge in [-0.15, -0.1) is 11.3 Å². The Kier molecular flexibility index (Phi) is 3.84. The van der Waals surface area contributed by atoms with E-state index < -0.39 is 0 Å². The van der Waals surface area contributed by atoms with Gasteiger partial charge in [0.1, 0.15) is 22.9 Å². The number of para-hydroxylation sites is 1. The highest BCUT2D eigenvalue weighted by molar-refractivity contribution is 7.21. The maximum Gasteiger partial charge on any atom is 0.267 e. The van der Waals surface area contributed by atoms with Gasteiger partial charge in [-0.3, -0.25) is 4.79 Å². The van der Waals surface area contributed by atoms with Crippen molar-refractivity contribution in [1.82, 2.24) is 4.98 Å². The molecule has 6 nitrogen and oxygen atoms in total. The molecule has 0 unspecified atom stereocenters. The number of fused-ring (bicyclic) bond motifs is 3. The summed E-state index contributed by atoms with van der Waals surface area (Å²) in [6.07, 6.45) is 0. The number of hydrogen-bond donors (Lipinski definition) is 2. The Morgan fingerprint density at radius 1 is 1.14 bits per heavy atom. The highest BCUT2D eigenvalue weighted by Gasteiger charge is 2.19. The van der Waals surface area contributed by atoms with Crippen LogP contribution in [-0.4, -0.2) is 24.1 Å². The molecular formula is C21H17N3O3S. The number of amides is 1. The van der Waals surface area contributed by atoms with E-state index >= 15 is 0 Å². The average molecular weight is 391 g/mol. The van der Waals surface area contributed by atoms with Gasteiger partial charge >= 0.3 is 0 Å². The summed E-state index contributed by atoms with van der Waals surface area (Å²) in [5, 5.41) is 4.70. The normalized spacial score (nSPS) is 13.0. The summed E-state index contributed by atoms with van der Waals surface area (Å²) in [4.78, 5) is 18.8. The zero-order valence-electron chi connectivity index (χ0n) is 15.1. The van der Waals surface area contributed by atoms with Crippen molar-refractivity contribution in [3.05, 3.63) is 52.9 Å². The van der Waals surface area contributed by atoms with Crippen molar-refractivity contribution in [2.24, 2.45) is 0 Å². The molecule has 0 radical (unpaired) electrons. The molecule has 3 N–H and O–H groups in total. The second-order valence-electron chi connectivity index (χ2n) is 6.65. The van der Waals surface area contributed by atoms with Gasteiger partial charge in [0.25, 0.3) is 5.91 Å². The van der Waals surface area contributed by atoms with E-state index in [1.54, 1.807) is 18.2 Å². The number of anilines is 2. The molecule has 0 aliphatic carbocycles. The Hall–Kier alpha value is -3.32. The third-order valence-corrected chi connectivity index (χ3v) is 5.87. The lowest BCUT2D eigenvalue weighted by Gasteiger charge is -2.18. The van der Waals surface area contributed by atoms with Gasteiger partial charge in [0, 0.05) is 22.5 Å². The SMILES string of the molecule is Cc1cccc2cc3c(N)c(C(=O)Nc4ccc5c(c4)OCCO5)sc3nc12. The predicted octanol–water partition coefficient (Wildman–Crippen LogP) is 4.36. The minimum atomic E-state index is -0.266. The van der Waals surface area contributed by atoms with Crippen LogP contribution in [0.25, 0.3) is 21.1 Å². The van der Waals surface area contributed by atoms with Crippen molar-refractivity contribution in [3.8, 4) is 11.5 Å². The van der Waals surface area contributed by atoms with Crippen LogP contribution in [-0.2, 0) is 0 Å².